The summed E-state index contributed by atoms with van der Waals surface area (Å²) in [6.07, 6.45) is 0. The van der Waals surface area contributed by atoms with Crippen LogP contribution < -0.4 is 40.6 Å². The van der Waals surface area contributed by atoms with Crippen LogP contribution in [0.25, 0.3) is 0 Å². The van der Waals surface area contributed by atoms with Crippen molar-refractivity contribution in [3.63, 3.8) is 0 Å². The van der Waals surface area contributed by atoms with Crippen LogP contribution in [0.4, 0.5) is 0 Å². The maximum atomic E-state index is 10.2. The van der Waals surface area contributed by atoms with E-state index in [1.54, 1.807) is 0 Å². The van der Waals surface area contributed by atoms with E-state index in [4.69, 9.17) is 10.8 Å². The van der Waals surface area contributed by atoms with E-state index < -0.39 is 0 Å². The molecule has 0 rings (SSSR count). The molecule has 0 aliphatic rings. The zero-order chi connectivity index (χ0) is 6.41. The Balaban J connectivity index is -0.000000245. The summed E-state index contributed by atoms with van der Waals surface area (Å²) >= 11 is 0. The minimum atomic E-state index is -0.237. The normalized spacial score (nSPS) is 7.78. The van der Waals surface area contributed by atoms with Crippen LogP contribution in [-0.2, 0) is 4.79 Å². The van der Waals surface area contributed by atoms with E-state index in [0.29, 0.717) is 0 Å². The molecule has 4 nitrogen and oxygen atoms in total. The largest absolute Gasteiger partial charge is 1.00 e. The number of hydrogen-bond donors (Lipinski definition) is 3. The second-order valence-electron chi connectivity index (χ2n) is 1.28. The molecular weight excluding hydrogens is 131 g/mol. The first-order chi connectivity index (χ1) is 3.81. The van der Waals surface area contributed by atoms with Crippen LogP contribution >= 0.6 is 0 Å². The molecule has 0 saturated carbocycles. The molecule has 0 radical (unpaired) electrons. The van der Waals surface area contributed by atoms with Gasteiger partial charge < -0.3 is 17.6 Å². The average molecular weight is 142 g/mol. The number of carbonyl (C=O) groups excluding carboxylic acids is 1. The van der Waals surface area contributed by atoms with Gasteiger partial charge >= 0.3 is 29.6 Å². The number of carbonyl (C=O) groups is 1. The van der Waals surface area contributed by atoms with Gasteiger partial charge in [-0.25, -0.2) is 0 Å². The van der Waals surface area contributed by atoms with Gasteiger partial charge in [-0.1, -0.05) is 0 Å². The summed E-state index contributed by atoms with van der Waals surface area (Å²) < 4.78 is 0. The molecular formula is C4H11N2NaO2. The fourth-order valence-electron chi connectivity index (χ4n) is 0.267. The van der Waals surface area contributed by atoms with Crippen molar-refractivity contribution in [2.75, 3.05) is 19.7 Å². The molecule has 50 valence electrons. The minimum Gasteiger partial charge on any atom is -1.00 e. The molecule has 5 heteroatoms. The predicted molar refractivity (Wildman–Crippen MR) is 30.3 cm³/mol. The molecule has 0 atom stereocenters. The first-order valence-corrected chi connectivity index (χ1v) is 2.39. The van der Waals surface area contributed by atoms with Crippen molar-refractivity contribution in [1.82, 2.24) is 5.32 Å². The van der Waals surface area contributed by atoms with Gasteiger partial charge in [0.25, 0.3) is 0 Å². The number of amides is 1. The van der Waals surface area contributed by atoms with Crippen molar-refractivity contribution >= 4 is 5.91 Å². The maximum Gasteiger partial charge on any atom is 1.00 e. The summed E-state index contributed by atoms with van der Waals surface area (Å²) in [5, 5.41) is 10.5. The Labute approximate surface area is 77.6 Å². The summed E-state index contributed by atoms with van der Waals surface area (Å²) in [5.41, 5.74) is 4.92. The molecule has 9 heavy (non-hydrogen) atoms. The molecule has 0 unspecified atom stereocenters. The number of aliphatic hydroxyl groups is 1. The van der Waals surface area contributed by atoms with E-state index in [1.165, 1.54) is 0 Å². The van der Waals surface area contributed by atoms with E-state index in [2.05, 4.69) is 5.32 Å². The topological polar surface area (TPSA) is 75.4 Å². The van der Waals surface area contributed by atoms with Crippen LogP contribution in [-0.4, -0.2) is 30.7 Å². The molecule has 0 aliphatic heterocycles. The first-order valence-electron chi connectivity index (χ1n) is 2.39. The summed E-state index contributed by atoms with van der Waals surface area (Å²) in [4.78, 5) is 10.2. The molecule has 0 heterocycles. The van der Waals surface area contributed by atoms with Gasteiger partial charge in [0, 0.05) is 6.54 Å². The van der Waals surface area contributed by atoms with Crippen molar-refractivity contribution in [2.45, 2.75) is 0 Å². The molecule has 0 aliphatic carbocycles. The molecule has 0 spiro atoms. The van der Waals surface area contributed by atoms with Gasteiger partial charge in [-0.2, -0.15) is 0 Å². The number of nitrogens with one attached hydrogen (secondary N) is 1. The standard InChI is InChI=1S/C4H10N2O2.Na.H/c5-3-4(8)6-1-2-7;;/h7H,1-3,5H2,(H,6,8);;/q;+1;-1. The molecule has 0 aromatic rings. The van der Waals surface area contributed by atoms with Gasteiger partial charge in [-0.15, -0.1) is 0 Å². The van der Waals surface area contributed by atoms with E-state index in [1.807, 2.05) is 0 Å². The van der Waals surface area contributed by atoms with Crippen LogP contribution in [0.1, 0.15) is 1.43 Å². The van der Waals surface area contributed by atoms with Gasteiger partial charge in [0.2, 0.25) is 5.91 Å². The monoisotopic (exact) mass is 142 g/mol. The first kappa shape index (κ1) is 12.1. The van der Waals surface area contributed by atoms with Crippen LogP contribution in [0.2, 0.25) is 0 Å². The quantitative estimate of drug-likeness (QED) is 0.346. The number of hydrogen-bond acceptors (Lipinski definition) is 3. The third-order valence-corrected chi connectivity index (χ3v) is 0.619. The summed E-state index contributed by atoms with van der Waals surface area (Å²) in [6, 6.07) is 0. The predicted octanol–water partition coefficient (Wildman–Crippen LogP) is -4.83. The van der Waals surface area contributed by atoms with E-state index >= 15 is 0 Å². The van der Waals surface area contributed by atoms with Crippen molar-refractivity contribution < 1.29 is 40.9 Å². The number of rotatable bonds is 3. The smallest absolute Gasteiger partial charge is 1.00 e. The fourth-order valence-corrected chi connectivity index (χ4v) is 0.267. The number of nitrogens with two attached hydrogens (primary N) is 1. The summed E-state index contributed by atoms with van der Waals surface area (Å²) in [6.45, 7) is 0.238. The van der Waals surface area contributed by atoms with Crippen molar-refractivity contribution in [1.29, 1.82) is 0 Å². The summed E-state index contributed by atoms with van der Waals surface area (Å²) in [7, 11) is 0. The molecule has 0 aromatic carbocycles. The second-order valence-corrected chi connectivity index (χ2v) is 1.28. The third-order valence-electron chi connectivity index (χ3n) is 0.619. The van der Waals surface area contributed by atoms with E-state index in [0.717, 1.165) is 0 Å². The molecule has 0 saturated heterocycles. The molecule has 1 amide bonds. The average Bonchev–Trinajstić information content (AvgIpc) is 1.83. The Kier molecular flexibility index (Phi) is 11.3. The maximum absolute atomic E-state index is 10.2. The Bertz CT molecular complexity index is 83.7. The third kappa shape index (κ3) is 8.39. The molecule has 0 bridgehead atoms. The fraction of sp³-hybridized carbons (Fsp3) is 0.750. The van der Waals surface area contributed by atoms with Gasteiger partial charge in [-0.3, -0.25) is 4.79 Å². The van der Waals surface area contributed by atoms with Crippen LogP contribution in [0.5, 0.6) is 0 Å². The van der Waals surface area contributed by atoms with Gasteiger partial charge in [0.15, 0.2) is 0 Å². The zero-order valence-electron chi connectivity index (χ0n) is 6.55. The van der Waals surface area contributed by atoms with Gasteiger partial charge in [0.1, 0.15) is 0 Å². The van der Waals surface area contributed by atoms with Crippen LogP contribution in [0.15, 0.2) is 0 Å². The van der Waals surface area contributed by atoms with Crippen molar-refractivity contribution in [2.24, 2.45) is 5.73 Å². The van der Waals surface area contributed by atoms with Crippen LogP contribution in [0.3, 0.4) is 0 Å². The zero-order valence-corrected chi connectivity index (χ0v) is 7.55. The van der Waals surface area contributed by atoms with E-state index in [9.17, 15) is 4.79 Å². The Morgan fingerprint density at radius 1 is 1.78 bits per heavy atom. The Hall–Kier alpha value is 0.390. The van der Waals surface area contributed by atoms with Crippen molar-refractivity contribution in [3.05, 3.63) is 0 Å². The molecule has 0 aromatic heterocycles. The minimum absolute atomic E-state index is 0. The van der Waals surface area contributed by atoms with E-state index in [-0.39, 0.29) is 56.6 Å². The Morgan fingerprint density at radius 2 is 2.33 bits per heavy atom. The molecule has 0 fully saturated rings. The Morgan fingerprint density at radius 3 is 2.67 bits per heavy atom. The summed E-state index contributed by atoms with van der Waals surface area (Å²) in [5.74, 6) is -0.237. The van der Waals surface area contributed by atoms with Crippen LogP contribution in [0, 0.1) is 0 Å². The number of aliphatic hydroxyl groups excluding tert-OH is 1. The van der Waals surface area contributed by atoms with Gasteiger partial charge in [0.05, 0.1) is 13.2 Å². The van der Waals surface area contributed by atoms with Crippen molar-refractivity contribution in [3.8, 4) is 0 Å². The second kappa shape index (κ2) is 8.39. The SMILES string of the molecule is NCC(=O)NCCO.[H-].[Na+]. The van der Waals surface area contributed by atoms with Gasteiger partial charge in [-0.05, 0) is 0 Å². The molecule has 4 N–H and O–H groups in total.